The minimum Gasteiger partial charge on any atom is -0.408 e. The normalized spacial score (nSPS) is 16.2. The highest BCUT2D eigenvalue weighted by Gasteiger charge is 2.38. The molecule has 0 amide bonds. The van der Waals surface area contributed by atoms with Crippen LogP contribution in [0, 0.1) is 5.82 Å². The summed E-state index contributed by atoms with van der Waals surface area (Å²) in [6, 6.07) is 12.1. The van der Waals surface area contributed by atoms with Gasteiger partial charge >= 0.3 is 5.76 Å². The van der Waals surface area contributed by atoms with E-state index in [0.717, 1.165) is 34.8 Å². The van der Waals surface area contributed by atoms with Crippen molar-refractivity contribution in [3.05, 3.63) is 68.9 Å². The van der Waals surface area contributed by atoms with Gasteiger partial charge in [-0.3, -0.25) is 9.88 Å². The van der Waals surface area contributed by atoms with E-state index in [-0.39, 0.29) is 17.1 Å². The van der Waals surface area contributed by atoms with E-state index in [4.69, 9.17) is 4.42 Å². The number of benzene rings is 2. The van der Waals surface area contributed by atoms with Crippen molar-refractivity contribution >= 4 is 27.0 Å². The van der Waals surface area contributed by atoms with E-state index in [1.807, 2.05) is 24.3 Å². The molecule has 1 fully saturated rings. The molecule has 6 heteroatoms. The van der Waals surface area contributed by atoms with E-state index in [1.54, 1.807) is 10.6 Å². The second-order valence-corrected chi connectivity index (χ2v) is 7.10. The second kappa shape index (κ2) is 5.86. The Morgan fingerprint density at radius 2 is 1.96 bits per heavy atom. The number of hydrogen-bond donors (Lipinski definition) is 1. The number of halogens is 2. The lowest BCUT2D eigenvalue weighted by Gasteiger charge is -2.43. The number of hydrogen-bond acceptors (Lipinski definition) is 3. The molecule has 24 heavy (non-hydrogen) atoms. The summed E-state index contributed by atoms with van der Waals surface area (Å²) in [5.41, 5.74) is 2.16. The number of nitrogens with one attached hydrogen (secondary N) is 1. The van der Waals surface area contributed by atoms with Crippen LogP contribution in [0.2, 0.25) is 0 Å². The van der Waals surface area contributed by atoms with Crippen molar-refractivity contribution in [2.45, 2.75) is 31.5 Å². The highest BCUT2D eigenvalue weighted by molar-refractivity contribution is 9.10. The monoisotopic (exact) mass is 390 g/mol. The van der Waals surface area contributed by atoms with Gasteiger partial charge in [0, 0.05) is 10.0 Å². The number of nitrogens with zero attached hydrogens (tertiary/aromatic N) is 1. The Labute approximate surface area is 146 Å². The molecule has 3 aromatic rings. The SMILES string of the molecule is O=c1oc2cc(Br)ccc2n1CNC1(c2ccc(F)cc2)CCC1. The van der Waals surface area contributed by atoms with Gasteiger partial charge in [0.15, 0.2) is 5.58 Å². The molecule has 2 aromatic carbocycles. The lowest BCUT2D eigenvalue weighted by molar-refractivity contribution is 0.169. The average Bonchev–Trinajstić information content (AvgIpc) is 2.82. The minimum atomic E-state index is -0.385. The first-order valence-corrected chi connectivity index (χ1v) is 8.67. The van der Waals surface area contributed by atoms with Gasteiger partial charge in [0.05, 0.1) is 12.2 Å². The average molecular weight is 391 g/mol. The summed E-state index contributed by atoms with van der Waals surface area (Å²) < 4.78 is 20.9. The van der Waals surface area contributed by atoms with Crippen molar-refractivity contribution in [1.82, 2.24) is 9.88 Å². The van der Waals surface area contributed by atoms with Crippen LogP contribution in [-0.4, -0.2) is 4.57 Å². The third-order valence-corrected chi connectivity index (χ3v) is 5.30. The first-order valence-electron chi connectivity index (χ1n) is 7.87. The van der Waals surface area contributed by atoms with E-state index in [9.17, 15) is 9.18 Å². The molecule has 0 atom stereocenters. The van der Waals surface area contributed by atoms with Crippen LogP contribution in [0.25, 0.3) is 11.1 Å². The Bertz CT molecular complexity index is 942. The predicted octanol–water partition coefficient (Wildman–Crippen LogP) is 4.12. The summed E-state index contributed by atoms with van der Waals surface area (Å²) in [5.74, 6) is -0.625. The summed E-state index contributed by atoms with van der Waals surface area (Å²) in [4.78, 5) is 12.1. The van der Waals surface area contributed by atoms with E-state index >= 15 is 0 Å². The van der Waals surface area contributed by atoms with Crippen molar-refractivity contribution in [2.75, 3.05) is 0 Å². The molecular formula is C18H16BrFN2O2. The molecule has 0 unspecified atom stereocenters. The minimum absolute atomic E-state index is 0.202. The van der Waals surface area contributed by atoms with Crippen LogP contribution in [0.3, 0.4) is 0 Å². The number of rotatable bonds is 4. The van der Waals surface area contributed by atoms with Gasteiger partial charge in [-0.25, -0.2) is 9.18 Å². The molecule has 124 valence electrons. The van der Waals surface area contributed by atoms with E-state index in [0.29, 0.717) is 12.3 Å². The van der Waals surface area contributed by atoms with E-state index in [1.165, 1.54) is 12.1 Å². The molecule has 4 nitrogen and oxygen atoms in total. The topological polar surface area (TPSA) is 47.2 Å². The Morgan fingerprint density at radius 1 is 1.21 bits per heavy atom. The zero-order chi connectivity index (χ0) is 16.7. The van der Waals surface area contributed by atoms with Crippen LogP contribution in [0.4, 0.5) is 4.39 Å². The Hall–Kier alpha value is -1.92. The maximum absolute atomic E-state index is 13.2. The molecule has 1 saturated carbocycles. The molecule has 1 aromatic heterocycles. The van der Waals surface area contributed by atoms with Crippen molar-refractivity contribution in [3.8, 4) is 0 Å². The van der Waals surface area contributed by atoms with Gasteiger partial charge in [-0.05, 0) is 55.2 Å². The molecule has 0 aliphatic heterocycles. The predicted molar refractivity (Wildman–Crippen MR) is 93.2 cm³/mol. The smallest absolute Gasteiger partial charge is 0.408 e. The first-order chi connectivity index (χ1) is 11.6. The summed E-state index contributed by atoms with van der Waals surface area (Å²) in [5, 5.41) is 3.49. The maximum atomic E-state index is 13.2. The van der Waals surface area contributed by atoms with Crippen LogP contribution in [0.1, 0.15) is 24.8 Å². The van der Waals surface area contributed by atoms with Gasteiger partial charge in [0.1, 0.15) is 5.82 Å². The highest BCUT2D eigenvalue weighted by Crippen LogP contribution is 2.41. The van der Waals surface area contributed by atoms with Crippen LogP contribution in [0.15, 0.2) is 56.1 Å². The molecule has 1 heterocycles. The van der Waals surface area contributed by atoms with E-state index in [2.05, 4.69) is 21.2 Å². The van der Waals surface area contributed by atoms with Crippen molar-refractivity contribution in [3.63, 3.8) is 0 Å². The lowest BCUT2D eigenvalue weighted by Crippen LogP contribution is -2.49. The third-order valence-electron chi connectivity index (χ3n) is 4.81. The van der Waals surface area contributed by atoms with Crippen molar-refractivity contribution in [1.29, 1.82) is 0 Å². The zero-order valence-electron chi connectivity index (χ0n) is 12.9. The van der Waals surface area contributed by atoms with Gasteiger partial charge in [0.2, 0.25) is 0 Å². The first kappa shape index (κ1) is 15.6. The largest absolute Gasteiger partial charge is 0.421 e. The Kier molecular flexibility index (Phi) is 3.81. The molecule has 1 N–H and O–H groups in total. The van der Waals surface area contributed by atoms with Crippen LogP contribution in [0.5, 0.6) is 0 Å². The van der Waals surface area contributed by atoms with Gasteiger partial charge < -0.3 is 4.42 Å². The van der Waals surface area contributed by atoms with Gasteiger partial charge in [-0.15, -0.1) is 0 Å². The molecule has 0 spiro atoms. The van der Waals surface area contributed by atoms with Crippen LogP contribution >= 0.6 is 15.9 Å². The number of aromatic nitrogens is 1. The van der Waals surface area contributed by atoms with Crippen molar-refractivity contribution < 1.29 is 8.81 Å². The van der Waals surface area contributed by atoms with Gasteiger partial charge in [-0.2, -0.15) is 0 Å². The van der Waals surface area contributed by atoms with Crippen LogP contribution in [-0.2, 0) is 12.2 Å². The molecule has 0 saturated heterocycles. The number of oxazole rings is 1. The molecule has 1 aliphatic carbocycles. The summed E-state index contributed by atoms with van der Waals surface area (Å²) >= 11 is 3.38. The third kappa shape index (κ3) is 2.59. The zero-order valence-corrected chi connectivity index (χ0v) is 14.5. The molecule has 4 rings (SSSR count). The lowest BCUT2D eigenvalue weighted by atomic mass is 9.72. The Balaban J connectivity index is 1.63. The van der Waals surface area contributed by atoms with Gasteiger partial charge in [-0.1, -0.05) is 28.1 Å². The fourth-order valence-corrected chi connectivity index (χ4v) is 3.63. The molecule has 0 radical (unpaired) electrons. The molecule has 0 bridgehead atoms. The summed E-state index contributed by atoms with van der Waals surface area (Å²) in [6.45, 7) is 0.352. The van der Waals surface area contributed by atoms with Gasteiger partial charge in [0.25, 0.3) is 0 Å². The Morgan fingerprint density at radius 3 is 2.62 bits per heavy atom. The van der Waals surface area contributed by atoms with E-state index < -0.39 is 0 Å². The fraction of sp³-hybridized carbons (Fsp3) is 0.278. The van der Waals surface area contributed by atoms with Crippen LogP contribution < -0.4 is 11.1 Å². The number of fused-ring (bicyclic) bond motifs is 1. The summed E-state index contributed by atoms with van der Waals surface area (Å²) in [6.07, 6.45) is 3.04. The maximum Gasteiger partial charge on any atom is 0.421 e. The standard InChI is InChI=1S/C18H16BrFN2O2/c19-13-4-7-15-16(10-13)24-17(23)22(15)11-21-18(8-1-9-18)12-2-5-14(20)6-3-12/h2-7,10,21H,1,8-9,11H2. The van der Waals surface area contributed by atoms with Crippen molar-refractivity contribution in [2.24, 2.45) is 0 Å². The quantitative estimate of drug-likeness (QED) is 0.728. The second-order valence-electron chi connectivity index (χ2n) is 6.19. The summed E-state index contributed by atoms with van der Waals surface area (Å²) in [7, 11) is 0. The fourth-order valence-electron chi connectivity index (χ4n) is 3.29. The molecular weight excluding hydrogens is 375 g/mol. The molecule has 1 aliphatic rings. The highest BCUT2D eigenvalue weighted by atomic mass is 79.9.